The monoisotopic (exact) mass is 164 g/mol. The van der Waals surface area contributed by atoms with E-state index >= 15 is 0 Å². The smallest absolute Gasteiger partial charge is 0.192 e. The van der Waals surface area contributed by atoms with Crippen molar-refractivity contribution >= 4 is 5.84 Å². The van der Waals surface area contributed by atoms with E-state index in [1.807, 2.05) is 0 Å². The average molecular weight is 164 g/mol. The van der Waals surface area contributed by atoms with Gasteiger partial charge in [0, 0.05) is 6.61 Å². The summed E-state index contributed by atoms with van der Waals surface area (Å²) in [6.45, 7) is 2.21. The van der Waals surface area contributed by atoms with Crippen LogP contribution in [-0.4, -0.2) is 30.4 Å². The van der Waals surface area contributed by atoms with Gasteiger partial charge in [-0.2, -0.15) is 0 Å². The zero-order valence-electron chi connectivity index (χ0n) is 6.26. The molecular weight excluding hydrogens is 154 g/mol. The van der Waals surface area contributed by atoms with Crippen LogP contribution in [0, 0.1) is 0 Å². The van der Waals surface area contributed by atoms with E-state index < -0.39 is 5.34 Å². The molecule has 64 valence electrons. The van der Waals surface area contributed by atoms with Crippen molar-refractivity contribution in [3.8, 4) is 0 Å². The van der Waals surface area contributed by atoms with Gasteiger partial charge in [0.15, 0.2) is 5.84 Å². The van der Waals surface area contributed by atoms with Crippen LogP contribution in [0.5, 0.6) is 0 Å². The fourth-order valence-corrected chi connectivity index (χ4v) is 0.866. The molecule has 0 aromatic carbocycles. The second-order valence-corrected chi connectivity index (χ2v) is 2.47. The SMILES string of the molecule is CC1CCOCC(N(F)F)=N1. The van der Waals surface area contributed by atoms with Crippen molar-refractivity contribution in [3.63, 3.8) is 0 Å². The molecule has 5 heteroatoms. The second-order valence-electron chi connectivity index (χ2n) is 2.47. The number of aliphatic imine (C=N–C) groups is 1. The van der Waals surface area contributed by atoms with Crippen molar-refractivity contribution < 1.29 is 13.7 Å². The van der Waals surface area contributed by atoms with Gasteiger partial charge < -0.3 is 4.74 Å². The maximum atomic E-state index is 11.9. The lowest BCUT2D eigenvalue weighted by molar-refractivity contribution is -0.0799. The topological polar surface area (TPSA) is 24.8 Å². The largest absolute Gasteiger partial charge is 0.373 e. The minimum atomic E-state index is -0.984. The molecule has 11 heavy (non-hydrogen) atoms. The fourth-order valence-electron chi connectivity index (χ4n) is 0.866. The van der Waals surface area contributed by atoms with E-state index in [9.17, 15) is 8.96 Å². The Balaban J connectivity index is 2.59. The Labute approximate surface area is 63.5 Å². The van der Waals surface area contributed by atoms with Crippen molar-refractivity contribution in [2.75, 3.05) is 13.2 Å². The van der Waals surface area contributed by atoms with Gasteiger partial charge in [-0.1, -0.05) is 8.96 Å². The van der Waals surface area contributed by atoms with E-state index in [0.717, 1.165) is 0 Å². The lowest BCUT2D eigenvalue weighted by Crippen LogP contribution is -2.19. The molecule has 0 aliphatic carbocycles. The van der Waals surface area contributed by atoms with Gasteiger partial charge in [0.1, 0.15) is 6.61 Å². The van der Waals surface area contributed by atoms with Crippen molar-refractivity contribution in [3.05, 3.63) is 0 Å². The summed E-state index contributed by atoms with van der Waals surface area (Å²) in [5.74, 6) is -0.282. The first-order chi connectivity index (χ1) is 5.20. The molecule has 0 radical (unpaired) electrons. The molecule has 0 saturated carbocycles. The fraction of sp³-hybridized carbons (Fsp3) is 0.833. The predicted molar refractivity (Wildman–Crippen MR) is 36.4 cm³/mol. The Bertz CT molecular complexity index is 161. The summed E-state index contributed by atoms with van der Waals surface area (Å²) in [4.78, 5) is 3.74. The number of halogens is 2. The van der Waals surface area contributed by atoms with E-state index in [1.54, 1.807) is 6.92 Å². The normalized spacial score (nSPS) is 25.7. The van der Waals surface area contributed by atoms with Crippen molar-refractivity contribution in [2.24, 2.45) is 4.99 Å². The first kappa shape index (κ1) is 8.39. The Hall–Kier alpha value is -0.710. The van der Waals surface area contributed by atoms with Gasteiger partial charge >= 0.3 is 0 Å². The van der Waals surface area contributed by atoms with Crippen LogP contribution in [0.2, 0.25) is 0 Å². The summed E-state index contributed by atoms with van der Waals surface area (Å²) in [6, 6.07) is -0.0681. The Morgan fingerprint density at radius 3 is 3.00 bits per heavy atom. The van der Waals surface area contributed by atoms with Gasteiger partial charge in [0.2, 0.25) is 0 Å². The maximum Gasteiger partial charge on any atom is 0.192 e. The molecule has 0 N–H and O–H groups in total. The highest BCUT2D eigenvalue weighted by Gasteiger charge is 2.15. The van der Waals surface area contributed by atoms with E-state index in [4.69, 9.17) is 4.74 Å². The lowest BCUT2D eigenvalue weighted by Gasteiger charge is -2.04. The highest BCUT2D eigenvalue weighted by atomic mass is 19.4. The van der Waals surface area contributed by atoms with Gasteiger partial charge in [0.05, 0.1) is 6.04 Å². The second kappa shape index (κ2) is 3.61. The molecule has 0 amide bonds. The third kappa shape index (κ3) is 2.42. The summed E-state index contributed by atoms with van der Waals surface area (Å²) in [5.41, 5.74) is 0. The number of hydrogen-bond donors (Lipinski definition) is 0. The first-order valence-electron chi connectivity index (χ1n) is 3.46. The van der Waals surface area contributed by atoms with Gasteiger partial charge in [-0.25, -0.2) is 0 Å². The van der Waals surface area contributed by atoms with Crippen LogP contribution in [0.15, 0.2) is 4.99 Å². The highest BCUT2D eigenvalue weighted by molar-refractivity contribution is 5.81. The van der Waals surface area contributed by atoms with Crippen LogP contribution >= 0.6 is 0 Å². The molecular formula is C6H10F2N2O. The van der Waals surface area contributed by atoms with Crippen LogP contribution < -0.4 is 0 Å². The quantitative estimate of drug-likeness (QED) is 0.503. The zero-order valence-corrected chi connectivity index (χ0v) is 6.26. The van der Waals surface area contributed by atoms with E-state index in [1.165, 1.54) is 0 Å². The summed E-state index contributed by atoms with van der Waals surface area (Å²) in [6.07, 6.45) is 0.706. The molecule has 1 atom stereocenters. The molecule has 0 aromatic heterocycles. The summed E-state index contributed by atoms with van der Waals surface area (Å²) in [5, 5.41) is -0.984. The summed E-state index contributed by atoms with van der Waals surface area (Å²) >= 11 is 0. The zero-order chi connectivity index (χ0) is 8.27. The third-order valence-electron chi connectivity index (χ3n) is 1.48. The number of amidine groups is 1. The molecule has 1 aliphatic rings. The third-order valence-corrected chi connectivity index (χ3v) is 1.48. The van der Waals surface area contributed by atoms with Gasteiger partial charge in [-0.3, -0.25) is 4.99 Å². The Kier molecular flexibility index (Phi) is 2.76. The predicted octanol–water partition coefficient (Wildman–Crippen LogP) is 1.26. The van der Waals surface area contributed by atoms with Crippen LogP contribution in [0.25, 0.3) is 0 Å². The molecule has 0 spiro atoms. The van der Waals surface area contributed by atoms with Crippen LogP contribution in [0.3, 0.4) is 0 Å². The molecule has 1 aliphatic heterocycles. The Morgan fingerprint density at radius 1 is 1.64 bits per heavy atom. The number of ether oxygens (including phenoxy) is 1. The summed E-state index contributed by atoms with van der Waals surface area (Å²) in [7, 11) is 0. The minimum absolute atomic E-state index is 0.0681. The van der Waals surface area contributed by atoms with Crippen LogP contribution in [-0.2, 0) is 4.74 Å². The van der Waals surface area contributed by atoms with Crippen molar-refractivity contribution in [1.29, 1.82) is 0 Å². The van der Waals surface area contributed by atoms with Gasteiger partial charge in [-0.15, -0.1) is 0 Å². The molecule has 1 unspecified atom stereocenters. The van der Waals surface area contributed by atoms with Crippen molar-refractivity contribution in [2.45, 2.75) is 19.4 Å². The molecule has 0 aromatic rings. The molecule has 0 bridgehead atoms. The average Bonchev–Trinajstić information content (AvgIpc) is 2.13. The van der Waals surface area contributed by atoms with E-state index in [2.05, 4.69) is 4.99 Å². The molecule has 0 fully saturated rings. The number of hydrogen-bond acceptors (Lipinski definition) is 3. The minimum Gasteiger partial charge on any atom is -0.373 e. The van der Waals surface area contributed by atoms with Crippen LogP contribution in [0.4, 0.5) is 8.96 Å². The molecule has 1 rings (SSSR count). The van der Waals surface area contributed by atoms with Gasteiger partial charge in [-0.05, 0) is 18.7 Å². The lowest BCUT2D eigenvalue weighted by atomic mass is 10.3. The van der Waals surface area contributed by atoms with Crippen LogP contribution in [0.1, 0.15) is 13.3 Å². The van der Waals surface area contributed by atoms with Gasteiger partial charge in [0.25, 0.3) is 0 Å². The maximum absolute atomic E-state index is 11.9. The Morgan fingerprint density at radius 2 is 2.36 bits per heavy atom. The molecule has 1 heterocycles. The molecule has 3 nitrogen and oxygen atoms in total. The highest BCUT2D eigenvalue weighted by Crippen LogP contribution is 2.06. The van der Waals surface area contributed by atoms with Crippen molar-refractivity contribution in [1.82, 2.24) is 5.34 Å². The molecule has 0 saturated heterocycles. The van der Waals surface area contributed by atoms with E-state index in [0.29, 0.717) is 13.0 Å². The first-order valence-corrected chi connectivity index (χ1v) is 3.46. The standard InChI is InChI=1S/C6H10F2N2O/c1-5-2-3-11-4-6(9-5)10(7)8/h5H,2-4H2,1H3. The number of rotatable bonds is 0. The summed E-state index contributed by atoms with van der Waals surface area (Å²) < 4.78 is 28.7. The number of nitrogens with zero attached hydrogens (tertiary/aromatic N) is 2. The van der Waals surface area contributed by atoms with E-state index in [-0.39, 0.29) is 18.5 Å².